The molecule has 0 atom stereocenters. The predicted octanol–water partition coefficient (Wildman–Crippen LogP) is 0.0474. The van der Waals surface area contributed by atoms with Gasteiger partial charge in [-0.05, 0) is 25.2 Å². The number of anilines is 1. The van der Waals surface area contributed by atoms with E-state index >= 15 is 0 Å². The summed E-state index contributed by atoms with van der Waals surface area (Å²) in [5.74, 6) is -0.634. The van der Waals surface area contributed by atoms with Crippen molar-refractivity contribution in [3.8, 4) is 0 Å². The first kappa shape index (κ1) is 14.2. The summed E-state index contributed by atoms with van der Waals surface area (Å²) in [6.45, 7) is 3.33. The highest BCUT2D eigenvalue weighted by Gasteiger charge is 2.16. The standard InChI is InChI=1S/C11H17FN4O2S/c1-15-4-6-16(7-5-15)14-11-3-2-9(8-10(11)12)19(13,17)18/h2-3,8,14H,4-7H2,1H3,(H2,13,17,18). The Morgan fingerprint density at radius 1 is 1.26 bits per heavy atom. The van der Waals surface area contributed by atoms with Crippen LogP contribution in [-0.2, 0) is 10.0 Å². The SMILES string of the molecule is CN1CCN(Nc2ccc(S(N)(=O)=O)cc2F)CC1. The lowest BCUT2D eigenvalue weighted by Crippen LogP contribution is -2.47. The predicted molar refractivity (Wildman–Crippen MR) is 70.5 cm³/mol. The molecule has 0 saturated carbocycles. The first-order valence-electron chi connectivity index (χ1n) is 5.89. The summed E-state index contributed by atoms with van der Waals surface area (Å²) < 4.78 is 36.0. The van der Waals surface area contributed by atoms with Crippen LogP contribution in [0.5, 0.6) is 0 Å². The normalized spacial score (nSPS) is 18.5. The van der Waals surface area contributed by atoms with Crippen LogP contribution in [0.3, 0.4) is 0 Å². The monoisotopic (exact) mass is 288 g/mol. The second-order valence-corrected chi connectivity index (χ2v) is 6.15. The van der Waals surface area contributed by atoms with E-state index in [-0.39, 0.29) is 10.6 Å². The Morgan fingerprint density at radius 2 is 1.89 bits per heavy atom. The third-order valence-corrected chi connectivity index (χ3v) is 3.96. The Kier molecular flexibility index (Phi) is 4.04. The van der Waals surface area contributed by atoms with Gasteiger partial charge in [-0.1, -0.05) is 0 Å². The highest BCUT2D eigenvalue weighted by Crippen LogP contribution is 2.19. The summed E-state index contributed by atoms with van der Waals surface area (Å²) in [6.07, 6.45) is 0. The first-order chi connectivity index (χ1) is 8.86. The zero-order chi connectivity index (χ0) is 14.0. The lowest BCUT2D eigenvalue weighted by Gasteiger charge is -2.33. The molecule has 1 aliphatic heterocycles. The van der Waals surface area contributed by atoms with Crippen LogP contribution >= 0.6 is 0 Å². The van der Waals surface area contributed by atoms with Gasteiger partial charge < -0.3 is 10.3 Å². The smallest absolute Gasteiger partial charge is 0.238 e. The van der Waals surface area contributed by atoms with Gasteiger partial charge in [-0.3, -0.25) is 0 Å². The first-order valence-corrected chi connectivity index (χ1v) is 7.43. The van der Waals surface area contributed by atoms with Crippen molar-refractivity contribution in [2.75, 3.05) is 38.7 Å². The molecule has 0 bridgehead atoms. The van der Waals surface area contributed by atoms with Crippen LogP contribution < -0.4 is 10.6 Å². The van der Waals surface area contributed by atoms with Crippen LogP contribution in [0, 0.1) is 5.82 Å². The van der Waals surface area contributed by atoms with E-state index in [0.717, 1.165) is 32.2 Å². The van der Waals surface area contributed by atoms with Gasteiger partial charge in [0.2, 0.25) is 10.0 Å². The molecule has 1 aliphatic rings. The molecule has 1 aromatic rings. The van der Waals surface area contributed by atoms with E-state index in [0.29, 0.717) is 0 Å². The number of hydrazine groups is 1. The van der Waals surface area contributed by atoms with Crippen LogP contribution in [0.1, 0.15) is 0 Å². The molecule has 0 aromatic heterocycles. The fourth-order valence-corrected chi connectivity index (χ4v) is 2.38. The summed E-state index contributed by atoms with van der Waals surface area (Å²) in [5.41, 5.74) is 3.19. The van der Waals surface area contributed by atoms with Gasteiger partial charge in [0.05, 0.1) is 10.6 Å². The summed E-state index contributed by atoms with van der Waals surface area (Å²) in [4.78, 5) is 1.95. The van der Waals surface area contributed by atoms with Crippen molar-refractivity contribution < 1.29 is 12.8 Å². The molecule has 106 valence electrons. The van der Waals surface area contributed by atoms with Crippen molar-refractivity contribution in [3.05, 3.63) is 24.0 Å². The molecule has 1 saturated heterocycles. The molecule has 0 aliphatic carbocycles. The Bertz CT molecular complexity index is 556. The van der Waals surface area contributed by atoms with E-state index in [4.69, 9.17) is 5.14 Å². The average Bonchev–Trinajstić information content (AvgIpc) is 2.33. The molecule has 0 unspecified atom stereocenters. The molecule has 3 N–H and O–H groups in total. The van der Waals surface area contributed by atoms with E-state index in [1.807, 2.05) is 12.1 Å². The Balaban J connectivity index is 2.09. The largest absolute Gasteiger partial charge is 0.316 e. The van der Waals surface area contributed by atoms with Crippen molar-refractivity contribution in [2.24, 2.45) is 5.14 Å². The Hall–Kier alpha value is -1.22. The quantitative estimate of drug-likeness (QED) is 0.821. The summed E-state index contributed by atoms with van der Waals surface area (Å²) in [7, 11) is -1.84. The van der Waals surface area contributed by atoms with E-state index in [1.54, 1.807) is 0 Å². The second-order valence-electron chi connectivity index (χ2n) is 4.59. The van der Waals surface area contributed by atoms with Crippen molar-refractivity contribution in [1.82, 2.24) is 9.91 Å². The van der Waals surface area contributed by atoms with Gasteiger partial charge >= 0.3 is 0 Å². The number of sulfonamides is 1. The third kappa shape index (κ3) is 3.63. The van der Waals surface area contributed by atoms with Crippen molar-refractivity contribution in [2.45, 2.75) is 4.90 Å². The van der Waals surface area contributed by atoms with Gasteiger partial charge in [0.25, 0.3) is 0 Å². The maximum atomic E-state index is 13.8. The fraction of sp³-hybridized carbons (Fsp3) is 0.455. The van der Waals surface area contributed by atoms with Gasteiger partial charge in [0.15, 0.2) is 0 Å². The summed E-state index contributed by atoms with van der Waals surface area (Å²) >= 11 is 0. The summed E-state index contributed by atoms with van der Waals surface area (Å²) in [5, 5.41) is 6.84. The zero-order valence-corrected chi connectivity index (χ0v) is 11.5. The molecule has 0 spiro atoms. The molecule has 0 radical (unpaired) electrons. The van der Waals surface area contributed by atoms with Crippen LogP contribution in [-0.4, -0.2) is 51.6 Å². The number of halogens is 1. The number of piperazine rings is 1. The number of likely N-dealkylation sites (N-methyl/N-ethyl adjacent to an activating group) is 1. The molecule has 2 rings (SSSR count). The fourth-order valence-electron chi connectivity index (χ4n) is 1.85. The highest BCUT2D eigenvalue weighted by molar-refractivity contribution is 7.89. The van der Waals surface area contributed by atoms with Crippen molar-refractivity contribution in [1.29, 1.82) is 0 Å². The van der Waals surface area contributed by atoms with Gasteiger partial charge in [-0.15, -0.1) is 0 Å². The maximum absolute atomic E-state index is 13.8. The molecule has 1 fully saturated rings. The lowest BCUT2D eigenvalue weighted by molar-refractivity contribution is 0.178. The number of benzene rings is 1. The number of nitrogens with zero attached hydrogens (tertiary/aromatic N) is 2. The van der Waals surface area contributed by atoms with Crippen molar-refractivity contribution in [3.63, 3.8) is 0 Å². The molecule has 19 heavy (non-hydrogen) atoms. The topological polar surface area (TPSA) is 78.7 Å². The molecular formula is C11H17FN4O2S. The molecule has 1 aromatic carbocycles. The number of primary sulfonamides is 1. The number of hydrogen-bond acceptors (Lipinski definition) is 5. The van der Waals surface area contributed by atoms with Crippen LogP contribution in [0.25, 0.3) is 0 Å². The Labute approximate surface area is 112 Å². The number of nitrogens with one attached hydrogen (secondary N) is 1. The molecule has 6 nitrogen and oxygen atoms in total. The van der Waals surface area contributed by atoms with E-state index in [9.17, 15) is 12.8 Å². The van der Waals surface area contributed by atoms with Gasteiger partial charge in [-0.25, -0.2) is 23.0 Å². The Morgan fingerprint density at radius 3 is 2.42 bits per heavy atom. The summed E-state index contributed by atoms with van der Waals surface area (Å²) in [6, 6.07) is 3.60. The minimum absolute atomic E-state index is 0.228. The number of nitrogens with two attached hydrogens (primary N) is 1. The molecule has 1 heterocycles. The van der Waals surface area contributed by atoms with E-state index in [2.05, 4.69) is 10.3 Å². The van der Waals surface area contributed by atoms with Crippen LogP contribution in [0.15, 0.2) is 23.1 Å². The maximum Gasteiger partial charge on any atom is 0.238 e. The minimum atomic E-state index is -3.87. The van der Waals surface area contributed by atoms with Gasteiger partial charge in [-0.2, -0.15) is 0 Å². The van der Waals surface area contributed by atoms with Crippen LogP contribution in [0.2, 0.25) is 0 Å². The van der Waals surface area contributed by atoms with Crippen molar-refractivity contribution >= 4 is 15.7 Å². The van der Waals surface area contributed by atoms with Crippen LogP contribution in [0.4, 0.5) is 10.1 Å². The van der Waals surface area contributed by atoms with E-state index in [1.165, 1.54) is 12.1 Å². The van der Waals surface area contributed by atoms with Gasteiger partial charge in [0.1, 0.15) is 5.82 Å². The minimum Gasteiger partial charge on any atom is -0.316 e. The highest BCUT2D eigenvalue weighted by atomic mass is 32.2. The number of rotatable bonds is 3. The molecule has 8 heteroatoms. The average molecular weight is 288 g/mol. The van der Waals surface area contributed by atoms with E-state index < -0.39 is 15.8 Å². The third-order valence-electron chi connectivity index (χ3n) is 3.05. The second kappa shape index (κ2) is 5.41. The number of hydrogen-bond donors (Lipinski definition) is 2. The molecular weight excluding hydrogens is 271 g/mol. The lowest BCUT2D eigenvalue weighted by atomic mass is 10.3. The van der Waals surface area contributed by atoms with Gasteiger partial charge in [0, 0.05) is 26.2 Å². The molecule has 0 amide bonds. The zero-order valence-electron chi connectivity index (χ0n) is 10.6.